The summed E-state index contributed by atoms with van der Waals surface area (Å²) < 4.78 is 223. The molecule has 0 aliphatic rings. The molecule has 0 aromatic heterocycles. The first-order chi connectivity index (χ1) is 13.4. The monoisotopic (exact) mass is 613 g/mol. The van der Waals surface area contributed by atoms with E-state index >= 15 is 0 Å². The van der Waals surface area contributed by atoms with Crippen LogP contribution in [0.1, 0.15) is 0 Å². The molecule has 0 aliphatic heterocycles. The maximum Gasteiger partial charge on any atom is 0.517 e. The fraction of sp³-hybridized carbons (Fsp3) is 0.500. The van der Waals surface area contributed by atoms with Crippen LogP contribution in [0.3, 0.4) is 0 Å². The van der Waals surface area contributed by atoms with Crippen LogP contribution >= 0.6 is 0 Å². The minimum Gasteiger partial charge on any atom is -0.200 e. The summed E-state index contributed by atoms with van der Waals surface area (Å²) in [6, 6.07) is 0. The summed E-state index contributed by atoms with van der Waals surface area (Å²) >= 11 is -5.00. The highest BCUT2D eigenvalue weighted by molar-refractivity contribution is 5.13. The van der Waals surface area contributed by atoms with E-state index in [1.165, 1.54) is 0 Å². The van der Waals surface area contributed by atoms with Crippen molar-refractivity contribution in [1.82, 2.24) is 0 Å². The lowest BCUT2D eigenvalue weighted by Crippen LogP contribution is -3.68. The molecule has 0 heterocycles. The second-order valence-corrected chi connectivity index (χ2v) is 8.24. The van der Waals surface area contributed by atoms with Gasteiger partial charge >= 0.3 is 55.0 Å². The van der Waals surface area contributed by atoms with Crippen LogP contribution in [0.25, 0.3) is 0 Å². The van der Waals surface area contributed by atoms with Gasteiger partial charge in [-0.1, -0.05) is 0 Å². The first-order valence-corrected chi connectivity index (χ1v) is 8.69. The molecule has 0 spiro atoms. The van der Waals surface area contributed by atoms with E-state index in [2.05, 4.69) is 0 Å². The Labute approximate surface area is 167 Å². The largest absolute Gasteiger partial charge is 0.517 e. The molecule has 0 aliphatic carbocycles. The Morgan fingerprint density at radius 3 is 1.00 bits per heavy atom. The highest BCUT2D eigenvalue weighted by Crippen LogP contribution is 2.59. The minimum atomic E-state index is -8.26. The zero-order chi connectivity index (χ0) is 25.2. The van der Waals surface area contributed by atoms with Crippen LogP contribution in [-0.2, 0) is 0 Å². The van der Waals surface area contributed by atoms with Crippen LogP contribution in [-0.4, -0.2) is 33.8 Å². The van der Waals surface area contributed by atoms with E-state index in [4.69, 9.17) is 0 Å². The van der Waals surface area contributed by atoms with Gasteiger partial charge in [0.1, 0.15) is 0 Å². The van der Waals surface area contributed by atoms with Crippen molar-refractivity contribution in [2.75, 3.05) is 0 Å². The zero-order valence-electron chi connectivity index (χ0n) is 13.2. The van der Waals surface area contributed by atoms with Gasteiger partial charge in [-0.15, -0.1) is 0 Å². The molecule has 0 bridgehead atoms. The molecule has 0 unspecified atom stereocenters. The van der Waals surface area contributed by atoms with Gasteiger partial charge in [0.2, 0.25) is 29.1 Å². The second-order valence-electron chi connectivity index (χ2n) is 5.27. The highest BCUT2D eigenvalue weighted by atomic mass is 127. The van der Waals surface area contributed by atoms with Crippen LogP contribution in [0.4, 0.5) is 79.0 Å². The third-order valence-corrected chi connectivity index (χ3v) is 6.11. The maximum absolute atomic E-state index is 13.6. The summed E-state index contributed by atoms with van der Waals surface area (Å²) in [5.41, 5.74) is 0. The first-order valence-electron chi connectivity index (χ1n) is 6.53. The van der Waals surface area contributed by atoms with Crippen LogP contribution in [0.2, 0.25) is 0 Å². The van der Waals surface area contributed by atoms with Gasteiger partial charge < -0.3 is 0 Å². The second kappa shape index (κ2) is 7.63. The molecule has 1 rings (SSSR count). The van der Waals surface area contributed by atoms with Crippen molar-refractivity contribution in [2.24, 2.45) is 0 Å². The summed E-state index contributed by atoms with van der Waals surface area (Å²) in [4.78, 5) is 0. The third-order valence-electron chi connectivity index (χ3n) is 3.26. The predicted octanol–water partition coefficient (Wildman–Crippen LogP) is 3.34. The Bertz CT molecular complexity index is 823. The SMILES string of the molecule is Fc1c(F)c(F)c([I+]C(F)(F)C(F)(F)C(F)(F)C(F)(F)C(F)(F)C(F)(F)F)c(F)c1F. The Morgan fingerprint density at radius 2 is 0.677 bits per heavy atom. The lowest BCUT2D eigenvalue weighted by Gasteiger charge is -2.36. The Hall–Kier alpha value is -1.31. The van der Waals surface area contributed by atoms with Crippen molar-refractivity contribution in [3.8, 4) is 0 Å². The number of rotatable bonds is 6. The van der Waals surface area contributed by atoms with Gasteiger partial charge in [-0.05, 0) is 0 Å². The van der Waals surface area contributed by atoms with Gasteiger partial charge in [0.05, 0.1) is 0 Å². The lowest BCUT2D eigenvalue weighted by molar-refractivity contribution is -0.794. The van der Waals surface area contributed by atoms with Crippen LogP contribution in [0.15, 0.2) is 0 Å². The van der Waals surface area contributed by atoms with Gasteiger partial charge in [-0.3, -0.25) is 0 Å². The summed E-state index contributed by atoms with van der Waals surface area (Å²) in [6.07, 6.45) is -7.66. The van der Waals surface area contributed by atoms with E-state index < -0.39 is 87.7 Å². The number of halogens is 19. The quantitative estimate of drug-likeness (QED) is 0.152. The van der Waals surface area contributed by atoms with E-state index in [1.54, 1.807) is 0 Å². The summed E-state index contributed by atoms with van der Waals surface area (Å²) in [7, 11) is 0. The standard InChI is InChI=1S/C12F18I/c13-1-2(14)4(16)6(5(17)3(1)15)31-12(29,30)10(24,25)8(20,21)7(18,19)9(22,23)11(26,27)28/q+1. The van der Waals surface area contributed by atoms with Gasteiger partial charge in [0, 0.05) is 0 Å². The fourth-order valence-corrected chi connectivity index (χ4v) is 3.89. The van der Waals surface area contributed by atoms with E-state index in [9.17, 15) is 79.0 Å². The maximum atomic E-state index is 13.6. The molecule has 0 saturated carbocycles. The van der Waals surface area contributed by atoms with Gasteiger partial charge in [-0.2, -0.15) is 65.9 Å². The molecule has 1 aromatic carbocycles. The predicted molar refractivity (Wildman–Crippen MR) is 55.7 cm³/mol. The van der Waals surface area contributed by atoms with Crippen LogP contribution in [0.5, 0.6) is 0 Å². The van der Waals surface area contributed by atoms with Crippen LogP contribution in [0, 0.1) is 32.7 Å². The van der Waals surface area contributed by atoms with Gasteiger partial charge in [0.25, 0.3) is 3.57 Å². The molecule has 1 aromatic rings. The smallest absolute Gasteiger partial charge is 0.200 e. The fourth-order valence-electron chi connectivity index (χ4n) is 1.59. The molecule has 0 N–H and O–H groups in total. The van der Waals surface area contributed by atoms with Gasteiger partial charge in [-0.25, -0.2) is 13.2 Å². The van der Waals surface area contributed by atoms with E-state index in [1.807, 2.05) is 0 Å². The van der Waals surface area contributed by atoms with Crippen molar-refractivity contribution in [3.63, 3.8) is 0 Å². The summed E-state index contributed by atoms with van der Waals surface area (Å²) in [6.45, 7) is 0. The first kappa shape index (κ1) is 27.7. The number of hydrogen-bond acceptors (Lipinski definition) is 0. The average molecular weight is 613 g/mol. The Kier molecular flexibility index (Phi) is 6.82. The molecule has 0 atom stereocenters. The lowest BCUT2D eigenvalue weighted by atomic mass is 9.98. The molecule has 0 saturated heterocycles. The van der Waals surface area contributed by atoms with Crippen molar-refractivity contribution in [3.05, 3.63) is 32.7 Å². The third kappa shape index (κ3) is 3.87. The molecule has 0 radical (unpaired) electrons. The molecule has 0 nitrogen and oxygen atoms in total. The molecular formula is C12F18I+. The van der Waals surface area contributed by atoms with Crippen LogP contribution < -0.4 is 21.2 Å². The molecule has 19 heteroatoms. The molecule has 0 amide bonds. The Balaban J connectivity index is 3.63. The van der Waals surface area contributed by atoms with Crippen molar-refractivity contribution in [2.45, 2.75) is 33.8 Å². The molecule has 180 valence electrons. The van der Waals surface area contributed by atoms with E-state index in [-0.39, 0.29) is 0 Å². The minimum absolute atomic E-state index is 2.86. The highest BCUT2D eigenvalue weighted by Gasteiger charge is 2.93. The van der Waals surface area contributed by atoms with Gasteiger partial charge in [0.15, 0.2) is 0 Å². The summed E-state index contributed by atoms with van der Waals surface area (Å²) in [5.74, 6) is -48.1. The number of benzene rings is 1. The normalized spacial score (nSPS) is 14.9. The number of alkyl halides is 14. The summed E-state index contributed by atoms with van der Waals surface area (Å²) in [5, 5.41) is 0. The van der Waals surface area contributed by atoms with Crippen molar-refractivity contribution in [1.29, 1.82) is 0 Å². The van der Waals surface area contributed by atoms with Crippen molar-refractivity contribution >= 4 is 0 Å². The molecule has 31 heavy (non-hydrogen) atoms. The van der Waals surface area contributed by atoms with Crippen molar-refractivity contribution < 1.29 is 100 Å². The number of hydrogen-bond donors (Lipinski definition) is 0. The van der Waals surface area contributed by atoms with E-state index in [0.29, 0.717) is 0 Å². The topological polar surface area (TPSA) is 0 Å². The zero-order valence-corrected chi connectivity index (χ0v) is 15.3. The average Bonchev–Trinajstić information content (AvgIpc) is 2.60. The molecule has 0 fully saturated rings. The molecular weight excluding hydrogens is 613 g/mol. The van der Waals surface area contributed by atoms with E-state index in [0.717, 1.165) is 0 Å². The Morgan fingerprint density at radius 1 is 0.387 bits per heavy atom.